The zero-order chi connectivity index (χ0) is 22.7. The second-order valence-electron chi connectivity index (χ2n) is 7.39. The molecule has 3 aromatic rings. The quantitative estimate of drug-likeness (QED) is 0.462. The van der Waals surface area contributed by atoms with Gasteiger partial charge < -0.3 is 4.74 Å². The van der Waals surface area contributed by atoms with E-state index in [4.69, 9.17) is 16.3 Å². The van der Waals surface area contributed by atoms with Crippen LogP contribution in [0.2, 0.25) is 5.02 Å². The molecule has 32 heavy (non-hydrogen) atoms. The molecule has 2 aromatic carbocycles. The van der Waals surface area contributed by atoms with Crippen LogP contribution >= 0.6 is 22.9 Å². The molecule has 0 amide bonds. The summed E-state index contributed by atoms with van der Waals surface area (Å²) in [6, 6.07) is 12.0. The largest absolute Gasteiger partial charge is 0.459 e. The second-order valence-corrected chi connectivity index (χ2v) is 10.6. The van der Waals surface area contributed by atoms with Gasteiger partial charge in [0.15, 0.2) is 0 Å². The third-order valence-electron chi connectivity index (χ3n) is 5.19. The van der Waals surface area contributed by atoms with Gasteiger partial charge in [-0.2, -0.15) is 4.31 Å². The van der Waals surface area contributed by atoms with Crippen LogP contribution in [0.15, 0.2) is 58.8 Å². The zero-order valence-corrected chi connectivity index (χ0v) is 19.3. The molecule has 1 fully saturated rings. The number of carbonyl (C=O) groups is 1. The SMILES string of the molecule is O=C(OCc1csc(-c2ccccc2Cl)n1)C1CCCN(S(=O)(=O)c2ccc(F)cc2)C1. The number of thiazole rings is 1. The maximum absolute atomic E-state index is 13.1. The second kappa shape index (κ2) is 9.66. The van der Waals surface area contributed by atoms with Gasteiger partial charge in [-0.15, -0.1) is 11.3 Å². The van der Waals surface area contributed by atoms with Gasteiger partial charge in [-0.05, 0) is 43.2 Å². The average molecular weight is 495 g/mol. The van der Waals surface area contributed by atoms with Gasteiger partial charge in [0.2, 0.25) is 10.0 Å². The Morgan fingerprint density at radius 1 is 1.22 bits per heavy atom. The van der Waals surface area contributed by atoms with Crippen molar-refractivity contribution < 1.29 is 22.3 Å². The first-order valence-corrected chi connectivity index (χ1v) is 12.7. The molecule has 1 aliphatic heterocycles. The van der Waals surface area contributed by atoms with E-state index in [1.807, 2.05) is 18.2 Å². The first kappa shape index (κ1) is 22.8. The van der Waals surface area contributed by atoms with E-state index in [-0.39, 0.29) is 18.0 Å². The van der Waals surface area contributed by atoms with Gasteiger partial charge in [0.05, 0.1) is 21.5 Å². The van der Waals surface area contributed by atoms with Crippen molar-refractivity contribution in [2.45, 2.75) is 24.3 Å². The number of hydrogen-bond donors (Lipinski definition) is 0. The number of sulfonamides is 1. The Morgan fingerprint density at radius 2 is 1.97 bits per heavy atom. The minimum absolute atomic E-state index is 0.000990. The lowest BCUT2D eigenvalue weighted by Gasteiger charge is -2.30. The van der Waals surface area contributed by atoms with Crippen molar-refractivity contribution in [1.29, 1.82) is 0 Å². The minimum atomic E-state index is -3.81. The minimum Gasteiger partial charge on any atom is -0.459 e. The number of piperidine rings is 1. The molecule has 1 unspecified atom stereocenters. The van der Waals surface area contributed by atoms with Crippen LogP contribution in [0.25, 0.3) is 10.6 Å². The lowest BCUT2D eigenvalue weighted by Crippen LogP contribution is -2.42. The Morgan fingerprint density at radius 3 is 2.72 bits per heavy atom. The third-order valence-corrected chi connectivity index (χ3v) is 8.32. The van der Waals surface area contributed by atoms with Crippen molar-refractivity contribution in [3.05, 3.63) is 70.4 Å². The van der Waals surface area contributed by atoms with Crippen molar-refractivity contribution >= 4 is 38.9 Å². The highest BCUT2D eigenvalue weighted by Gasteiger charge is 2.34. The number of ether oxygens (including phenoxy) is 1. The fourth-order valence-electron chi connectivity index (χ4n) is 3.50. The molecule has 0 aliphatic carbocycles. The van der Waals surface area contributed by atoms with E-state index < -0.39 is 27.7 Å². The highest BCUT2D eigenvalue weighted by atomic mass is 35.5. The number of aromatic nitrogens is 1. The zero-order valence-electron chi connectivity index (χ0n) is 16.9. The van der Waals surface area contributed by atoms with E-state index in [2.05, 4.69) is 4.98 Å². The number of halogens is 2. The first-order chi connectivity index (χ1) is 15.3. The van der Waals surface area contributed by atoms with Gasteiger partial charge >= 0.3 is 5.97 Å². The van der Waals surface area contributed by atoms with Gasteiger partial charge in [-0.1, -0.05) is 29.8 Å². The van der Waals surface area contributed by atoms with E-state index in [1.165, 1.54) is 27.8 Å². The van der Waals surface area contributed by atoms with Crippen LogP contribution in [-0.4, -0.2) is 36.8 Å². The summed E-state index contributed by atoms with van der Waals surface area (Å²) in [7, 11) is -3.81. The first-order valence-electron chi connectivity index (χ1n) is 9.96. The lowest BCUT2D eigenvalue weighted by molar-refractivity contribution is -0.151. The number of nitrogens with zero attached hydrogens (tertiary/aromatic N) is 2. The molecule has 1 atom stereocenters. The molecule has 0 saturated carbocycles. The van der Waals surface area contributed by atoms with E-state index in [1.54, 1.807) is 11.4 Å². The molecular formula is C22H20ClFN2O4S2. The van der Waals surface area contributed by atoms with E-state index in [0.717, 1.165) is 22.7 Å². The Balaban J connectivity index is 1.38. The molecule has 1 saturated heterocycles. The highest BCUT2D eigenvalue weighted by Crippen LogP contribution is 2.30. The smallest absolute Gasteiger partial charge is 0.310 e. The molecule has 2 heterocycles. The summed E-state index contributed by atoms with van der Waals surface area (Å²) < 4.78 is 45.5. The van der Waals surface area contributed by atoms with Crippen LogP contribution in [0.1, 0.15) is 18.5 Å². The van der Waals surface area contributed by atoms with Gasteiger partial charge in [0.1, 0.15) is 17.4 Å². The molecule has 168 valence electrons. The fraction of sp³-hybridized carbons (Fsp3) is 0.273. The summed E-state index contributed by atoms with van der Waals surface area (Å²) in [6.45, 7) is 0.332. The summed E-state index contributed by atoms with van der Waals surface area (Å²) in [4.78, 5) is 17.1. The maximum Gasteiger partial charge on any atom is 0.310 e. The van der Waals surface area contributed by atoms with Crippen LogP contribution in [0.4, 0.5) is 4.39 Å². The van der Waals surface area contributed by atoms with Gasteiger partial charge in [0, 0.05) is 24.0 Å². The predicted molar refractivity (Wildman–Crippen MR) is 120 cm³/mol. The van der Waals surface area contributed by atoms with Crippen molar-refractivity contribution in [3.8, 4) is 10.6 Å². The normalized spacial score (nSPS) is 17.2. The molecule has 10 heteroatoms. The van der Waals surface area contributed by atoms with Gasteiger partial charge in [0.25, 0.3) is 0 Å². The monoisotopic (exact) mass is 494 g/mol. The topological polar surface area (TPSA) is 76.6 Å². The van der Waals surface area contributed by atoms with E-state index in [9.17, 15) is 17.6 Å². The van der Waals surface area contributed by atoms with Gasteiger partial charge in [-0.3, -0.25) is 4.79 Å². The Kier molecular flexibility index (Phi) is 6.90. The standard InChI is InChI=1S/C22H20ClFN2O4S2/c23-20-6-2-1-5-19(20)21-25-17(14-31-21)13-30-22(27)15-4-3-11-26(12-15)32(28,29)18-9-7-16(24)8-10-18/h1-2,5-10,14-15H,3-4,11-13H2. The van der Waals surface area contributed by atoms with Crippen molar-refractivity contribution in [1.82, 2.24) is 9.29 Å². The van der Waals surface area contributed by atoms with Crippen LogP contribution in [-0.2, 0) is 26.2 Å². The molecule has 0 spiro atoms. The molecule has 0 N–H and O–H groups in total. The summed E-state index contributed by atoms with van der Waals surface area (Å²) in [5, 5.41) is 3.13. The third kappa shape index (κ3) is 5.01. The summed E-state index contributed by atoms with van der Waals surface area (Å²) in [5.74, 6) is -1.54. The molecule has 6 nitrogen and oxygen atoms in total. The number of hydrogen-bond acceptors (Lipinski definition) is 6. The Hall–Kier alpha value is -2.33. The summed E-state index contributed by atoms with van der Waals surface area (Å²) >= 11 is 7.61. The molecule has 0 radical (unpaired) electrons. The molecular weight excluding hydrogens is 475 g/mol. The summed E-state index contributed by atoms with van der Waals surface area (Å²) in [6.07, 6.45) is 1.07. The van der Waals surface area contributed by atoms with Crippen LogP contribution in [0.3, 0.4) is 0 Å². The van der Waals surface area contributed by atoms with Crippen LogP contribution in [0.5, 0.6) is 0 Å². The fourth-order valence-corrected chi connectivity index (χ4v) is 6.15. The number of carbonyl (C=O) groups excluding carboxylic acids is 1. The average Bonchev–Trinajstić information content (AvgIpc) is 3.27. The van der Waals surface area contributed by atoms with Crippen LogP contribution < -0.4 is 0 Å². The van der Waals surface area contributed by atoms with Gasteiger partial charge in [-0.25, -0.2) is 17.8 Å². The lowest BCUT2D eigenvalue weighted by atomic mass is 10.00. The van der Waals surface area contributed by atoms with Crippen molar-refractivity contribution in [2.24, 2.45) is 5.92 Å². The Bertz CT molecular complexity index is 1210. The predicted octanol–water partition coefficient (Wildman–Crippen LogP) is 4.75. The molecule has 1 aliphatic rings. The summed E-state index contributed by atoms with van der Waals surface area (Å²) in [5.41, 5.74) is 1.41. The van der Waals surface area contributed by atoms with Crippen molar-refractivity contribution in [2.75, 3.05) is 13.1 Å². The highest BCUT2D eigenvalue weighted by molar-refractivity contribution is 7.89. The van der Waals surface area contributed by atoms with Crippen LogP contribution in [0, 0.1) is 11.7 Å². The Labute approximate surface area is 194 Å². The molecule has 4 rings (SSSR count). The number of esters is 1. The maximum atomic E-state index is 13.1. The molecule has 0 bridgehead atoms. The van der Waals surface area contributed by atoms with E-state index >= 15 is 0 Å². The number of benzene rings is 2. The number of rotatable bonds is 6. The van der Waals surface area contributed by atoms with Crippen molar-refractivity contribution in [3.63, 3.8) is 0 Å². The molecule has 1 aromatic heterocycles. The van der Waals surface area contributed by atoms with E-state index in [0.29, 0.717) is 30.1 Å².